The summed E-state index contributed by atoms with van der Waals surface area (Å²) in [6, 6.07) is 34.2. The van der Waals surface area contributed by atoms with Gasteiger partial charge in [-0.3, -0.25) is 0 Å². The van der Waals surface area contributed by atoms with Gasteiger partial charge in [0.2, 0.25) is 0 Å². The van der Waals surface area contributed by atoms with Crippen LogP contribution >= 0.6 is 0 Å². The Labute approximate surface area is 448 Å². The van der Waals surface area contributed by atoms with Crippen molar-refractivity contribution in [1.29, 1.82) is 0 Å². The highest BCUT2D eigenvalue weighted by atomic mass is 19.1. The second-order valence-electron chi connectivity index (χ2n) is 14.8. The Morgan fingerprint density at radius 3 is 1.01 bits per heavy atom. The lowest BCUT2D eigenvalue weighted by atomic mass is 10.0. The lowest BCUT2D eigenvalue weighted by molar-refractivity contribution is -0.193. The molecule has 10 aromatic rings. The van der Waals surface area contributed by atoms with E-state index in [2.05, 4.69) is 61.6 Å². The minimum Gasteiger partial charge on any atom is -0.436 e. The van der Waals surface area contributed by atoms with Gasteiger partial charge in [-0.25, -0.2) is 17.6 Å². The minimum atomic E-state index is -0.300. The largest absolute Gasteiger partial charge is 0.436 e. The van der Waals surface area contributed by atoms with Crippen LogP contribution in [-0.4, -0.2) is 86.2 Å². The molecule has 4 aromatic heterocycles. The number of H-pyrrole nitrogens is 4. The smallest absolute Gasteiger partial charge is 0.373 e. The Hall–Kier alpha value is -11.7. The predicted molar refractivity (Wildman–Crippen MR) is 261 cm³/mol. The summed E-state index contributed by atoms with van der Waals surface area (Å²) in [5.74, 6) is 2.70. The molecule has 4 heterocycles. The molecule has 10 rings (SSSR count). The molecule has 0 aliphatic carbocycles. The molecule has 0 aliphatic heterocycles. The van der Waals surface area contributed by atoms with E-state index in [0.717, 1.165) is 22.3 Å². The van der Waals surface area contributed by atoms with Crippen LogP contribution in [-0.2, 0) is 38.4 Å². The van der Waals surface area contributed by atoms with Gasteiger partial charge in [-0.2, -0.15) is 79.6 Å². The van der Waals surface area contributed by atoms with Gasteiger partial charge in [0.25, 0.3) is 23.5 Å². The van der Waals surface area contributed by atoms with Crippen LogP contribution < -0.4 is 18.9 Å². The Morgan fingerprint density at radius 1 is 0.325 bits per heavy atom. The molecule has 408 valence electrons. The fourth-order valence-electron chi connectivity index (χ4n) is 5.76. The number of rotatable bonds is 10. The lowest BCUT2D eigenvalue weighted by Crippen LogP contribution is -1.87. The number of carbonyl (C=O) groups excluding carboxylic acids is 8. The summed E-state index contributed by atoms with van der Waals surface area (Å²) in [4.78, 5) is 65.0. The van der Waals surface area contributed by atoms with Crippen LogP contribution in [0.5, 0.6) is 46.5 Å². The number of nitrogens with one attached hydrogen (secondary N) is 4. The first-order valence-corrected chi connectivity index (χ1v) is 22.0. The van der Waals surface area contributed by atoms with E-state index in [4.69, 9.17) is 57.3 Å². The van der Waals surface area contributed by atoms with Crippen molar-refractivity contribution in [1.82, 2.24) is 61.6 Å². The van der Waals surface area contributed by atoms with Gasteiger partial charge in [-0.05, 0) is 133 Å². The summed E-state index contributed by atoms with van der Waals surface area (Å²) in [5.41, 5.74) is 5.83. The number of benzene rings is 6. The summed E-state index contributed by atoms with van der Waals surface area (Å²) in [5, 5.41) is 39.3. The first-order chi connectivity index (χ1) is 38.6. The monoisotopic (exact) mass is 1100 g/mol. The third-order valence-corrected chi connectivity index (χ3v) is 9.43. The van der Waals surface area contributed by atoms with Crippen molar-refractivity contribution >= 4 is 24.6 Å². The molecule has 0 radical (unpaired) electrons. The van der Waals surface area contributed by atoms with Crippen molar-refractivity contribution in [2.45, 2.75) is 27.7 Å². The maximum atomic E-state index is 13.6. The summed E-state index contributed by atoms with van der Waals surface area (Å²) < 4.78 is 74.6. The van der Waals surface area contributed by atoms with Crippen molar-refractivity contribution in [3.63, 3.8) is 0 Å². The lowest BCUT2D eigenvalue weighted by Gasteiger charge is -2.06. The zero-order chi connectivity index (χ0) is 58.7. The molecule has 0 saturated carbocycles. The Kier molecular flexibility index (Phi) is 27.2. The van der Waals surface area contributed by atoms with E-state index in [9.17, 15) is 17.6 Å². The van der Waals surface area contributed by atoms with Crippen molar-refractivity contribution in [3.05, 3.63) is 192 Å². The molecule has 80 heavy (non-hydrogen) atoms. The highest BCUT2D eigenvalue weighted by Crippen LogP contribution is 2.29. The van der Waals surface area contributed by atoms with Crippen LogP contribution in [0.2, 0.25) is 0 Å². The molecule has 0 aliphatic rings. The van der Waals surface area contributed by atoms with Crippen molar-refractivity contribution < 1.29 is 74.9 Å². The van der Waals surface area contributed by atoms with Crippen molar-refractivity contribution in [2.24, 2.45) is 0 Å². The summed E-state index contributed by atoms with van der Waals surface area (Å²) in [6.45, 7) is 6.84. The van der Waals surface area contributed by atoms with E-state index in [1.165, 1.54) is 55.1 Å². The fraction of sp³-hybridized carbons (Fsp3) is 0.0769. The second kappa shape index (κ2) is 34.7. The highest BCUT2D eigenvalue weighted by Gasteiger charge is 2.08. The number of ether oxygens (including phenoxy) is 4. The van der Waals surface area contributed by atoms with Gasteiger partial charge in [0.15, 0.2) is 0 Å². The average Bonchev–Trinajstić information content (AvgIpc) is 4.33. The molecule has 0 atom stereocenters. The molecule has 0 saturated heterocycles. The van der Waals surface area contributed by atoms with E-state index >= 15 is 0 Å². The topological polar surface area (TPSA) is 340 Å². The fourth-order valence-corrected chi connectivity index (χ4v) is 5.76. The zero-order valence-corrected chi connectivity index (χ0v) is 41.8. The number of aromatic amines is 4. The van der Waals surface area contributed by atoms with E-state index < -0.39 is 0 Å². The Balaban J connectivity index is 0.000000265. The molecular weight excluding hydrogens is 1060 g/mol. The third-order valence-electron chi connectivity index (χ3n) is 9.43. The van der Waals surface area contributed by atoms with Gasteiger partial charge in [-0.1, -0.05) is 54.6 Å². The van der Waals surface area contributed by atoms with E-state index in [-0.39, 0.29) is 47.9 Å². The van der Waals surface area contributed by atoms with Crippen molar-refractivity contribution in [2.75, 3.05) is 0 Å². The molecular formula is C52H40F4N12O12. The maximum Gasteiger partial charge on any atom is 0.373 e. The normalized spacial score (nSPS) is 9.20. The van der Waals surface area contributed by atoms with Crippen molar-refractivity contribution in [3.8, 4) is 68.8 Å². The van der Waals surface area contributed by atoms with E-state index in [0.29, 0.717) is 68.8 Å². The van der Waals surface area contributed by atoms with Crippen LogP contribution in [0.25, 0.3) is 22.3 Å². The number of aromatic nitrogens is 12. The molecule has 0 amide bonds. The van der Waals surface area contributed by atoms with Crippen LogP contribution in [0.4, 0.5) is 17.6 Å². The third kappa shape index (κ3) is 22.4. The van der Waals surface area contributed by atoms with Gasteiger partial charge < -0.3 is 18.9 Å². The second-order valence-corrected chi connectivity index (χ2v) is 14.8. The minimum absolute atomic E-state index is 0.203. The number of aryl methyl sites for hydroxylation is 4. The molecule has 6 aromatic carbocycles. The van der Waals surface area contributed by atoms with Crippen LogP contribution in [0.3, 0.4) is 0 Å². The SMILES string of the molecule is Cc1cc(Oc2cn[nH]n2)ccc1F.Cc1ccc(-c2ccc(Oc3cn[nH]n3)cc2)cc1F.Cc1ccc(-c2cccc(Oc3cn[nH]n3)c2)cc1F.Cc1ccc(Oc2cn[nH]n2)cc1F.O=C=O.O=C=O.O=C=O.O=C=O. The number of hydrogen-bond acceptors (Lipinski definition) is 20. The van der Waals surface area contributed by atoms with E-state index in [1.54, 1.807) is 58.0 Å². The number of hydrogen-bond donors (Lipinski definition) is 4. The van der Waals surface area contributed by atoms with E-state index in [1.807, 2.05) is 60.7 Å². The molecule has 0 bridgehead atoms. The highest BCUT2D eigenvalue weighted by molar-refractivity contribution is 5.66. The first kappa shape index (κ1) is 62.6. The molecule has 4 N–H and O–H groups in total. The zero-order valence-electron chi connectivity index (χ0n) is 41.8. The van der Waals surface area contributed by atoms with Gasteiger partial charge >= 0.3 is 24.6 Å². The maximum absolute atomic E-state index is 13.6. The van der Waals surface area contributed by atoms with Crippen LogP contribution in [0.15, 0.2) is 146 Å². The molecule has 24 nitrogen and oxygen atoms in total. The van der Waals surface area contributed by atoms with Gasteiger partial charge in [0, 0.05) is 6.07 Å². The number of nitrogens with zero attached hydrogens (tertiary/aromatic N) is 8. The summed E-state index contributed by atoms with van der Waals surface area (Å²) >= 11 is 0. The molecule has 0 fully saturated rings. The Morgan fingerprint density at radius 2 is 0.637 bits per heavy atom. The van der Waals surface area contributed by atoms with Crippen LogP contribution in [0, 0.1) is 51.0 Å². The van der Waals surface area contributed by atoms with Gasteiger partial charge in [-0.15, -0.1) is 20.4 Å². The Bertz CT molecular complexity index is 3420. The quantitative estimate of drug-likeness (QED) is 0.0927. The molecule has 28 heteroatoms. The van der Waals surface area contributed by atoms with Crippen LogP contribution in [0.1, 0.15) is 22.3 Å². The standard InChI is InChI=1S/2C15H12FN3O.2C9H8FN3O.4CO2/c1-10-2-3-12(8-14(10)16)11-4-6-13(7-5-11)20-15-9-17-19-18-15;1-10-5-6-12(8-14(10)16)11-3-2-4-13(7-11)20-15-9-17-19-18-15;1-6-4-7(2-3-8(6)10)14-9-5-11-13-12-9;1-6-2-3-7(4-8(6)10)14-9-5-11-13-12-9;4*2-1-3/h2*2-9H,1H3,(H,17,18,19);2*2-5H,1H3,(H,11,12,13);;;;. The predicted octanol–water partition coefficient (Wildman–Crippen LogP) is 9.18. The number of halogens is 4. The van der Waals surface area contributed by atoms with Gasteiger partial charge in [0.1, 0.15) is 71.1 Å². The molecule has 0 unspecified atom stereocenters. The molecule has 0 spiro atoms. The first-order valence-electron chi connectivity index (χ1n) is 22.0. The summed E-state index contributed by atoms with van der Waals surface area (Å²) in [6.07, 6.45) is 6.83. The average molecular weight is 1100 g/mol. The van der Waals surface area contributed by atoms with Gasteiger partial charge in [0.05, 0.1) is 0 Å². The summed E-state index contributed by atoms with van der Waals surface area (Å²) in [7, 11) is 0.